The average Bonchev–Trinajstić information content (AvgIpc) is 2.39. The smallest absolute Gasteiger partial charge is 0.255 e. The molecule has 1 saturated heterocycles. The number of rotatable bonds is 4. The van der Waals surface area contributed by atoms with E-state index in [1.54, 1.807) is 0 Å². The molecule has 0 radical (unpaired) electrons. The van der Waals surface area contributed by atoms with Crippen LogP contribution < -0.4 is 15.4 Å². The van der Waals surface area contributed by atoms with E-state index in [0.717, 1.165) is 25.9 Å². The van der Waals surface area contributed by atoms with Gasteiger partial charge in [0.15, 0.2) is 0 Å². The summed E-state index contributed by atoms with van der Waals surface area (Å²) in [5.41, 5.74) is 0.613. The highest BCUT2D eigenvalue weighted by Gasteiger charge is 2.18. The molecule has 19 heavy (non-hydrogen) atoms. The second-order valence-electron chi connectivity index (χ2n) is 5.18. The van der Waals surface area contributed by atoms with E-state index in [1.165, 1.54) is 0 Å². The van der Waals surface area contributed by atoms with Crippen molar-refractivity contribution in [3.05, 3.63) is 29.8 Å². The Balaban J connectivity index is 2.05. The number of carbonyl (C=O) groups is 1. The Morgan fingerprint density at radius 1 is 1.42 bits per heavy atom. The van der Waals surface area contributed by atoms with Gasteiger partial charge in [0, 0.05) is 12.6 Å². The van der Waals surface area contributed by atoms with Crippen LogP contribution >= 0.6 is 0 Å². The van der Waals surface area contributed by atoms with Crippen molar-refractivity contribution < 1.29 is 9.53 Å². The zero-order chi connectivity index (χ0) is 13.7. The topological polar surface area (TPSA) is 50.4 Å². The molecule has 0 saturated carbocycles. The van der Waals surface area contributed by atoms with E-state index in [1.807, 2.05) is 38.1 Å². The quantitative estimate of drug-likeness (QED) is 0.872. The minimum Gasteiger partial charge on any atom is -0.490 e. The summed E-state index contributed by atoms with van der Waals surface area (Å²) in [5, 5.41) is 6.36. The zero-order valence-corrected chi connectivity index (χ0v) is 11.6. The van der Waals surface area contributed by atoms with Crippen LogP contribution in [0.5, 0.6) is 5.75 Å². The first-order chi connectivity index (χ1) is 9.16. The molecule has 2 rings (SSSR count). The van der Waals surface area contributed by atoms with Gasteiger partial charge < -0.3 is 15.4 Å². The normalized spacial score (nSPS) is 19.2. The molecular weight excluding hydrogens is 240 g/mol. The molecular formula is C15H22N2O2. The molecule has 4 nitrogen and oxygen atoms in total. The van der Waals surface area contributed by atoms with E-state index in [4.69, 9.17) is 4.74 Å². The molecule has 104 valence electrons. The molecule has 1 fully saturated rings. The highest BCUT2D eigenvalue weighted by atomic mass is 16.5. The van der Waals surface area contributed by atoms with Crippen molar-refractivity contribution in [3.63, 3.8) is 0 Å². The molecule has 0 bridgehead atoms. The van der Waals surface area contributed by atoms with Crippen LogP contribution in [0.3, 0.4) is 0 Å². The van der Waals surface area contributed by atoms with Gasteiger partial charge in [-0.05, 0) is 45.4 Å². The van der Waals surface area contributed by atoms with Crippen LogP contribution in [0.1, 0.15) is 37.0 Å². The Morgan fingerprint density at radius 3 is 2.89 bits per heavy atom. The van der Waals surface area contributed by atoms with Gasteiger partial charge in [-0.15, -0.1) is 0 Å². The first-order valence-electron chi connectivity index (χ1n) is 6.94. The third-order valence-electron chi connectivity index (χ3n) is 3.13. The Morgan fingerprint density at radius 2 is 2.21 bits per heavy atom. The Bertz CT molecular complexity index is 426. The van der Waals surface area contributed by atoms with Gasteiger partial charge in [-0.1, -0.05) is 12.1 Å². The van der Waals surface area contributed by atoms with Crippen molar-refractivity contribution in [2.24, 2.45) is 0 Å². The fourth-order valence-electron chi connectivity index (χ4n) is 2.25. The summed E-state index contributed by atoms with van der Waals surface area (Å²) in [6, 6.07) is 7.61. The molecule has 1 aromatic carbocycles. The number of hydrogen-bond donors (Lipinski definition) is 2. The van der Waals surface area contributed by atoms with E-state index in [0.29, 0.717) is 11.3 Å². The van der Waals surface area contributed by atoms with Gasteiger partial charge in [0.05, 0.1) is 11.7 Å². The van der Waals surface area contributed by atoms with Crippen LogP contribution in [0.2, 0.25) is 0 Å². The van der Waals surface area contributed by atoms with Crippen molar-refractivity contribution in [3.8, 4) is 5.75 Å². The lowest BCUT2D eigenvalue weighted by Gasteiger charge is -2.24. The second-order valence-corrected chi connectivity index (χ2v) is 5.18. The second kappa shape index (κ2) is 6.57. The van der Waals surface area contributed by atoms with Crippen LogP contribution in [0.25, 0.3) is 0 Å². The van der Waals surface area contributed by atoms with Crippen molar-refractivity contribution in [2.45, 2.75) is 38.8 Å². The molecule has 1 amide bonds. The largest absolute Gasteiger partial charge is 0.490 e. The van der Waals surface area contributed by atoms with Crippen LogP contribution in [0, 0.1) is 0 Å². The molecule has 2 N–H and O–H groups in total. The lowest BCUT2D eigenvalue weighted by atomic mass is 10.1. The summed E-state index contributed by atoms with van der Waals surface area (Å²) in [5.74, 6) is 0.601. The van der Waals surface area contributed by atoms with E-state index in [9.17, 15) is 4.79 Å². The van der Waals surface area contributed by atoms with Gasteiger partial charge in [-0.2, -0.15) is 0 Å². The summed E-state index contributed by atoms with van der Waals surface area (Å²) in [4.78, 5) is 12.3. The molecule has 1 aliphatic rings. The Labute approximate surface area is 114 Å². The van der Waals surface area contributed by atoms with Crippen molar-refractivity contribution in [2.75, 3.05) is 13.1 Å². The van der Waals surface area contributed by atoms with Crippen molar-refractivity contribution in [1.29, 1.82) is 0 Å². The predicted octanol–water partition coefficient (Wildman–Crippen LogP) is 1.96. The van der Waals surface area contributed by atoms with Gasteiger partial charge in [-0.25, -0.2) is 0 Å². The molecule has 4 heteroatoms. The summed E-state index contributed by atoms with van der Waals surface area (Å²) in [6.07, 6.45) is 2.20. The first kappa shape index (κ1) is 13.9. The van der Waals surface area contributed by atoms with Gasteiger partial charge in [0.25, 0.3) is 5.91 Å². The van der Waals surface area contributed by atoms with E-state index in [-0.39, 0.29) is 18.1 Å². The Kier molecular flexibility index (Phi) is 4.80. The van der Waals surface area contributed by atoms with Gasteiger partial charge in [-0.3, -0.25) is 4.79 Å². The number of para-hydroxylation sites is 1. The average molecular weight is 262 g/mol. The third kappa shape index (κ3) is 3.96. The molecule has 0 aromatic heterocycles. The van der Waals surface area contributed by atoms with Gasteiger partial charge in [0.2, 0.25) is 0 Å². The fraction of sp³-hybridized carbons (Fsp3) is 0.533. The summed E-state index contributed by atoms with van der Waals surface area (Å²) in [7, 11) is 0. The molecule has 1 aliphatic heterocycles. The van der Waals surface area contributed by atoms with E-state index < -0.39 is 0 Å². The highest BCUT2D eigenvalue weighted by molar-refractivity contribution is 5.97. The van der Waals surface area contributed by atoms with Crippen LogP contribution in [-0.4, -0.2) is 31.1 Å². The first-order valence-corrected chi connectivity index (χ1v) is 6.94. The van der Waals surface area contributed by atoms with Crippen LogP contribution in [0.15, 0.2) is 24.3 Å². The maximum atomic E-state index is 12.3. The lowest BCUT2D eigenvalue weighted by Crippen LogP contribution is -2.45. The highest BCUT2D eigenvalue weighted by Crippen LogP contribution is 2.19. The monoisotopic (exact) mass is 262 g/mol. The molecule has 0 unspecified atom stereocenters. The number of piperidine rings is 1. The SMILES string of the molecule is CC(C)Oc1ccccc1C(=O)N[C@H]1CCCNC1. The van der Waals surface area contributed by atoms with Gasteiger partial charge in [0.1, 0.15) is 5.75 Å². The minimum absolute atomic E-state index is 0.0510. The number of ether oxygens (including phenoxy) is 1. The predicted molar refractivity (Wildman–Crippen MR) is 75.6 cm³/mol. The number of benzene rings is 1. The number of amides is 1. The number of carbonyl (C=O) groups excluding carboxylic acids is 1. The van der Waals surface area contributed by atoms with Crippen LogP contribution in [0.4, 0.5) is 0 Å². The van der Waals surface area contributed by atoms with E-state index >= 15 is 0 Å². The van der Waals surface area contributed by atoms with Crippen molar-refractivity contribution in [1.82, 2.24) is 10.6 Å². The van der Waals surface area contributed by atoms with Crippen molar-refractivity contribution >= 4 is 5.91 Å². The zero-order valence-electron chi connectivity index (χ0n) is 11.6. The van der Waals surface area contributed by atoms with Gasteiger partial charge >= 0.3 is 0 Å². The van der Waals surface area contributed by atoms with Crippen LogP contribution in [-0.2, 0) is 0 Å². The van der Waals surface area contributed by atoms with E-state index in [2.05, 4.69) is 10.6 Å². The number of nitrogens with one attached hydrogen (secondary N) is 2. The fourth-order valence-corrected chi connectivity index (χ4v) is 2.25. The standard InChI is InChI=1S/C15H22N2O2/c1-11(2)19-14-8-4-3-7-13(14)15(18)17-12-6-5-9-16-10-12/h3-4,7-8,11-12,16H,5-6,9-10H2,1-2H3,(H,17,18)/t12-/m0/s1. The lowest BCUT2D eigenvalue weighted by molar-refractivity contribution is 0.0925. The maximum absolute atomic E-state index is 12.3. The maximum Gasteiger partial charge on any atom is 0.255 e. The minimum atomic E-state index is -0.0510. The summed E-state index contributed by atoms with van der Waals surface area (Å²) in [6.45, 7) is 5.80. The molecule has 1 heterocycles. The third-order valence-corrected chi connectivity index (χ3v) is 3.13. The summed E-state index contributed by atoms with van der Waals surface area (Å²) >= 11 is 0. The molecule has 0 aliphatic carbocycles. The molecule has 1 aromatic rings. The molecule has 0 spiro atoms. The summed E-state index contributed by atoms with van der Waals surface area (Å²) < 4.78 is 5.68. The molecule has 1 atom stereocenters. The Hall–Kier alpha value is -1.55. The number of hydrogen-bond acceptors (Lipinski definition) is 3.